The largest absolute Gasteiger partial charge is 0.497 e. The van der Waals surface area contributed by atoms with E-state index < -0.39 is 0 Å². The molecule has 0 aliphatic carbocycles. The highest BCUT2D eigenvalue weighted by Crippen LogP contribution is 2.31. The molecule has 1 aromatic heterocycles. The highest BCUT2D eigenvalue weighted by atomic mass is 16.5. The van der Waals surface area contributed by atoms with Crippen LogP contribution in [0.1, 0.15) is 30.5 Å². The van der Waals surface area contributed by atoms with Crippen LogP contribution >= 0.6 is 0 Å². The molecule has 2 aliphatic heterocycles. The summed E-state index contributed by atoms with van der Waals surface area (Å²) in [5.74, 6) is 1.82. The van der Waals surface area contributed by atoms with Crippen molar-refractivity contribution in [3.05, 3.63) is 41.7 Å². The van der Waals surface area contributed by atoms with E-state index in [2.05, 4.69) is 26.9 Å². The normalized spacial score (nSPS) is 17.0. The summed E-state index contributed by atoms with van der Waals surface area (Å²) >= 11 is 0. The molecule has 2 aliphatic rings. The second kappa shape index (κ2) is 6.67. The Hall–Kier alpha value is -2.30. The van der Waals surface area contributed by atoms with Crippen LogP contribution in [0, 0.1) is 0 Å². The van der Waals surface area contributed by atoms with Crippen molar-refractivity contribution in [2.24, 2.45) is 0 Å². The quantitative estimate of drug-likeness (QED) is 0.865. The number of benzene rings is 1. The standard InChI is InChI=1S/C19H24N4O/c1-24-17-6-7-18-15(13-17)5-4-12-23(18)14-16-8-9-20-19(21-16)22-10-2-3-11-22/h6-9,13H,2-5,10-12,14H2,1H3. The third kappa shape index (κ3) is 3.03. The van der Waals surface area contributed by atoms with Gasteiger partial charge in [-0.2, -0.15) is 0 Å². The fourth-order valence-electron chi connectivity index (χ4n) is 3.68. The van der Waals surface area contributed by atoms with Crippen LogP contribution in [0.15, 0.2) is 30.5 Å². The lowest BCUT2D eigenvalue weighted by molar-refractivity contribution is 0.414. The highest BCUT2D eigenvalue weighted by molar-refractivity contribution is 5.58. The van der Waals surface area contributed by atoms with Gasteiger partial charge in [-0.15, -0.1) is 0 Å². The first-order valence-corrected chi connectivity index (χ1v) is 8.82. The lowest BCUT2D eigenvalue weighted by Crippen LogP contribution is -2.29. The Morgan fingerprint density at radius 2 is 1.96 bits per heavy atom. The van der Waals surface area contributed by atoms with Gasteiger partial charge in [0.1, 0.15) is 5.75 Å². The molecular weight excluding hydrogens is 300 g/mol. The lowest BCUT2D eigenvalue weighted by atomic mass is 10.0. The number of hydrogen-bond acceptors (Lipinski definition) is 5. The predicted octanol–water partition coefficient (Wildman–Crippen LogP) is 3.04. The Morgan fingerprint density at radius 1 is 1.08 bits per heavy atom. The van der Waals surface area contributed by atoms with Crippen molar-refractivity contribution in [2.75, 3.05) is 36.5 Å². The summed E-state index contributed by atoms with van der Waals surface area (Å²) in [5, 5.41) is 0. The Kier molecular flexibility index (Phi) is 4.24. The summed E-state index contributed by atoms with van der Waals surface area (Å²) < 4.78 is 5.36. The SMILES string of the molecule is COc1ccc2c(c1)CCCN2Cc1ccnc(N2CCCC2)n1. The number of aryl methyl sites for hydroxylation is 1. The summed E-state index contributed by atoms with van der Waals surface area (Å²) in [4.78, 5) is 14.0. The van der Waals surface area contributed by atoms with E-state index in [1.54, 1.807) is 7.11 Å². The second-order valence-electron chi connectivity index (χ2n) is 6.56. The van der Waals surface area contributed by atoms with Gasteiger partial charge in [0.05, 0.1) is 19.3 Å². The molecule has 5 nitrogen and oxygen atoms in total. The van der Waals surface area contributed by atoms with E-state index in [0.29, 0.717) is 0 Å². The molecule has 0 radical (unpaired) electrons. The number of rotatable bonds is 4. The van der Waals surface area contributed by atoms with Crippen LogP contribution in [0.5, 0.6) is 5.75 Å². The Balaban J connectivity index is 1.55. The molecule has 2 aromatic rings. The van der Waals surface area contributed by atoms with Crippen LogP contribution < -0.4 is 14.5 Å². The number of anilines is 2. The minimum Gasteiger partial charge on any atom is -0.497 e. The molecule has 1 aromatic carbocycles. The van der Waals surface area contributed by atoms with Crippen molar-refractivity contribution in [1.29, 1.82) is 0 Å². The molecule has 0 N–H and O–H groups in total. The molecule has 3 heterocycles. The molecule has 0 saturated carbocycles. The van der Waals surface area contributed by atoms with Crippen LogP contribution in [-0.4, -0.2) is 36.7 Å². The summed E-state index contributed by atoms with van der Waals surface area (Å²) in [6.45, 7) is 4.07. The minimum absolute atomic E-state index is 0.836. The molecule has 0 atom stereocenters. The molecule has 0 unspecified atom stereocenters. The molecule has 1 saturated heterocycles. The molecule has 0 amide bonds. The van der Waals surface area contributed by atoms with E-state index in [-0.39, 0.29) is 0 Å². The van der Waals surface area contributed by atoms with E-state index in [4.69, 9.17) is 9.72 Å². The number of fused-ring (bicyclic) bond motifs is 1. The van der Waals surface area contributed by atoms with Gasteiger partial charge in [0.25, 0.3) is 0 Å². The van der Waals surface area contributed by atoms with E-state index in [1.165, 1.54) is 30.5 Å². The van der Waals surface area contributed by atoms with Gasteiger partial charge in [0, 0.05) is 31.5 Å². The van der Waals surface area contributed by atoms with Crippen molar-refractivity contribution in [1.82, 2.24) is 9.97 Å². The van der Waals surface area contributed by atoms with E-state index >= 15 is 0 Å². The van der Waals surface area contributed by atoms with E-state index in [9.17, 15) is 0 Å². The van der Waals surface area contributed by atoms with Crippen molar-refractivity contribution in [3.63, 3.8) is 0 Å². The molecule has 0 bridgehead atoms. The minimum atomic E-state index is 0.836. The number of hydrogen-bond donors (Lipinski definition) is 0. The second-order valence-corrected chi connectivity index (χ2v) is 6.56. The summed E-state index contributed by atoms with van der Waals surface area (Å²) in [5.41, 5.74) is 3.77. The molecule has 1 fully saturated rings. The van der Waals surface area contributed by atoms with Gasteiger partial charge in [-0.3, -0.25) is 0 Å². The van der Waals surface area contributed by atoms with Gasteiger partial charge in [-0.05, 0) is 55.5 Å². The Morgan fingerprint density at radius 3 is 2.79 bits per heavy atom. The summed E-state index contributed by atoms with van der Waals surface area (Å²) in [6.07, 6.45) is 6.68. The third-order valence-electron chi connectivity index (χ3n) is 4.94. The third-order valence-corrected chi connectivity index (χ3v) is 4.94. The van der Waals surface area contributed by atoms with Crippen LogP contribution in [0.4, 0.5) is 11.6 Å². The van der Waals surface area contributed by atoms with Crippen LogP contribution in [0.25, 0.3) is 0 Å². The molecular formula is C19H24N4O. The smallest absolute Gasteiger partial charge is 0.225 e. The molecule has 126 valence electrons. The van der Waals surface area contributed by atoms with Gasteiger partial charge in [0.15, 0.2) is 0 Å². The maximum Gasteiger partial charge on any atom is 0.225 e. The topological polar surface area (TPSA) is 41.5 Å². The maximum atomic E-state index is 5.36. The molecule has 5 heteroatoms. The summed E-state index contributed by atoms with van der Waals surface area (Å²) in [6, 6.07) is 8.43. The first kappa shape index (κ1) is 15.2. The zero-order valence-corrected chi connectivity index (χ0v) is 14.2. The Labute approximate surface area is 143 Å². The number of ether oxygens (including phenoxy) is 1. The van der Waals surface area contributed by atoms with Crippen molar-refractivity contribution in [3.8, 4) is 5.75 Å². The first-order valence-electron chi connectivity index (χ1n) is 8.82. The summed E-state index contributed by atoms with van der Waals surface area (Å²) in [7, 11) is 1.73. The highest BCUT2D eigenvalue weighted by Gasteiger charge is 2.19. The van der Waals surface area contributed by atoms with Crippen LogP contribution in [-0.2, 0) is 13.0 Å². The monoisotopic (exact) mass is 324 g/mol. The molecule has 4 rings (SSSR count). The molecule has 0 spiro atoms. The van der Waals surface area contributed by atoms with Gasteiger partial charge >= 0.3 is 0 Å². The molecule has 24 heavy (non-hydrogen) atoms. The van der Waals surface area contributed by atoms with Gasteiger partial charge < -0.3 is 14.5 Å². The number of methoxy groups -OCH3 is 1. The van der Waals surface area contributed by atoms with Crippen molar-refractivity contribution < 1.29 is 4.74 Å². The van der Waals surface area contributed by atoms with Gasteiger partial charge in [-0.25, -0.2) is 9.97 Å². The fraction of sp³-hybridized carbons (Fsp3) is 0.474. The van der Waals surface area contributed by atoms with E-state index in [1.807, 2.05) is 18.3 Å². The zero-order chi connectivity index (χ0) is 16.4. The Bertz CT molecular complexity index is 712. The lowest BCUT2D eigenvalue weighted by Gasteiger charge is -2.31. The van der Waals surface area contributed by atoms with Crippen LogP contribution in [0.2, 0.25) is 0 Å². The van der Waals surface area contributed by atoms with E-state index in [0.717, 1.165) is 50.0 Å². The van der Waals surface area contributed by atoms with Crippen molar-refractivity contribution >= 4 is 11.6 Å². The fourth-order valence-corrected chi connectivity index (χ4v) is 3.68. The number of nitrogens with zero attached hydrogens (tertiary/aromatic N) is 4. The first-order chi connectivity index (χ1) is 11.8. The number of aromatic nitrogens is 2. The van der Waals surface area contributed by atoms with Gasteiger partial charge in [0.2, 0.25) is 5.95 Å². The van der Waals surface area contributed by atoms with Crippen molar-refractivity contribution in [2.45, 2.75) is 32.2 Å². The van der Waals surface area contributed by atoms with Gasteiger partial charge in [-0.1, -0.05) is 0 Å². The average molecular weight is 324 g/mol. The zero-order valence-electron chi connectivity index (χ0n) is 14.2. The average Bonchev–Trinajstić information content (AvgIpc) is 3.16. The maximum absolute atomic E-state index is 5.36. The predicted molar refractivity (Wildman–Crippen MR) is 95.8 cm³/mol. The van der Waals surface area contributed by atoms with Crippen LogP contribution in [0.3, 0.4) is 0 Å².